The van der Waals surface area contributed by atoms with Crippen LogP contribution in [0.1, 0.15) is 22.3 Å². The van der Waals surface area contributed by atoms with Crippen molar-refractivity contribution in [1.82, 2.24) is 0 Å². The van der Waals surface area contributed by atoms with E-state index >= 15 is 0 Å². The van der Waals surface area contributed by atoms with E-state index in [1.54, 1.807) is 19.1 Å². The molecular weight excluding hydrogens is 326 g/mol. The minimum Gasteiger partial charge on any atom is -0.504 e. The van der Waals surface area contributed by atoms with Gasteiger partial charge >= 0.3 is 5.97 Å². The summed E-state index contributed by atoms with van der Waals surface area (Å²) in [6.45, 7) is 3.66. The first kappa shape index (κ1) is 18.0. The number of nitro groups is 1. The molecule has 2 N–H and O–H groups in total. The Morgan fingerprint density at radius 1 is 1.24 bits per heavy atom. The zero-order chi connectivity index (χ0) is 18.7. The first-order valence-corrected chi connectivity index (χ1v) is 7.32. The van der Waals surface area contributed by atoms with Crippen molar-refractivity contribution in [3.8, 4) is 11.5 Å². The van der Waals surface area contributed by atoms with Crippen molar-refractivity contribution in [2.75, 3.05) is 7.11 Å². The second kappa shape index (κ2) is 7.04. The molecule has 0 atom stereocenters. The molecule has 2 rings (SSSR count). The lowest BCUT2D eigenvalue weighted by molar-refractivity contribution is -0.385. The number of carboxylic acid groups (broad SMARTS) is 1. The Balaban J connectivity index is 2.71. The lowest BCUT2D eigenvalue weighted by Crippen LogP contribution is -2.02. The van der Waals surface area contributed by atoms with Crippen LogP contribution in [0, 0.1) is 24.0 Å². The van der Waals surface area contributed by atoms with Gasteiger partial charge in [0.15, 0.2) is 11.5 Å². The van der Waals surface area contributed by atoms with Crippen LogP contribution >= 0.6 is 0 Å². The van der Waals surface area contributed by atoms with Gasteiger partial charge in [0.2, 0.25) is 0 Å². The summed E-state index contributed by atoms with van der Waals surface area (Å²) >= 11 is 0. The van der Waals surface area contributed by atoms with Crippen LogP contribution in [0.15, 0.2) is 30.3 Å². The van der Waals surface area contributed by atoms with Crippen LogP contribution in [0.3, 0.4) is 0 Å². The highest BCUT2D eigenvalue weighted by molar-refractivity contribution is 6.21. The van der Waals surface area contributed by atoms with Crippen LogP contribution in [-0.2, 0) is 4.79 Å². The number of hydrogen-bond donors (Lipinski definition) is 2. The maximum absolute atomic E-state index is 11.7. The number of nitro benzene ring substituents is 1. The van der Waals surface area contributed by atoms with Gasteiger partial charge in [0.05, 0.1) is 23.7 Å². The number of carboxylic acids is 1. The molecule has 0 saturated carbocycles. The standard InChI is InChI=1S/C18H17NO6/c1-10-4-5-14(11(2)6-10)15(18(21)22)8-12-7-13(19(23)24)9-16(25-3)17(12)20/h4-9,20H,1-3H3,(H,21,22)/b15-8-. The van der Waals surface area contributed by atoms with Crippen LogP contribution in [-0.4, -0.2) is 28.2 Å². The van der Waals surface area contributed by atoms with E-state index in [-0.39, 0.29) is 28.3 Å². The largest absolute Gasteiger partial charge is 0.504 e. The Morgan fingerprint density at radius 2 is 1.92 bits per heavy atom. The molecule has 0 bridgehead atoms. The molecule has 0 aromatic heterocycles. The molecule has 0 aliphatic carbocycles. The Kier molecular flexibility index (Phi) is 5.07. The molecule has 0 spiro atoms. The molecule has 0 radical (unpaired) electrons. The van der Waals surface area contributed by atoms with E-state index in [0.29, 0.717) is 5.56 Å². The number of non-ortho nitro benzene ring substituents is 1. The molecular formula is C18H17NO6. The third-order valence-corrected chi connectivity index (χ3v) is 3.72. The number of phenols is 1. The van der Waals surface area contributed by atoms with E-state index in [9.17, 15) is 25.1 Å². The molecule has 25 heavy (non-hydrogen) atoms. The van der Waals surface area contributed by atoms with Gasteiger partial charge in [-0.15, -0.1) is 0 Å². The van der Waals surface area contributed by atoms with Gasteiger partial charge in [0.25, 0.3) is 5.69 Å². The number of aromatic hydroxyl groups is 1. The first-order chi connectivity index (χ1) is 11.7. The molecule has 130 valence electrons. The smallest absolute Gasteiger partial charge is 0.336 e. The Hall–Kier alpha value is -3.35. The van der Waals surface area contributed by atoms with E-state index in [4.69, 9.17) is 4.74 Å². The van der Waals surface area contributed by atoms with Crippen LogP contribution in [0.4, 0.5) is 5.69 Å². The fourth-order valence-corrected chi connectivity index (χ4v) is 2.51. The molecule has 0 amide bonds. The summed E-state index contributed by atoms with van der Waals surface area (Å²) in [7, 11) is 1.26. The van der Waals surface area contributed by atoms with Gasteiger partial charge in [-0.05, 0) is 31.1 Å². The number of aryl methyl sites for hydroxylation is 2. The number of methoxy groups -OCH3 is 1. The van der Waals surface area contributed by atoms with Crippen LogP contribution in [0.25, 0.3) is 11.6 Å². The van der Waals surface area contributed by atoms with Gasteiger partial charge in [-0.2, -0.15) is 0 Å². The molecule has 0 fully saturated rings. The van der Waals surface area contributed by atoms with Gasteiger partial charge < -0.3 is 14.9 Å². The fourth-order valence-electron chi connectivity index (χ4n) is 2.51. The van der Waals surface area contributed by atoms with Crippen LogP contribution < -0.4 is 4.74 Å². The van der Waals surface area contributed by atoms with E-state index in [1.165, 1.54) is 13.2 Å². The molecule has 2 aromatic rings. The van der Waals surface area contributed by atoms with Gasteiger partial charge in [-0.3, -0.25) is 10.1 Å². The van der Waals surface area contributed by atoms with Crippen molar-refractivity contribution >= 4 is 23.3 Å². The summed E-state index contributed by atoms with van der Waals surface area (Å²) in [4.78, 5) is 22.1. The lowest BCUT2D eigenvalue weighted by Gasteiger charge is -2.10. The van der Waals surface area contributed by atoms with Crippen molar-refractivity contribution < 1.29 is 24.7 Å². The topological polar surface area (TPSA) is 110 Å². The lowest BCUT2D eigenvalue weighted by atomic mass is 9.96. The van der Waals surface area contributed by atoms with Crippen molar-refractivity contribution in [2.45, 2.75) is 13.8 Å². The Morgan fingerprint density at radius 3 is 2.44 bits per heavy atom. The first-order valence-electron chi connectivity index (χ1n) is 7.32. The molecule has 2 aromatic carbocycles. The third-order valence-electron chi connectivity index (χ3n) is 3.72. The maximum atomic E-state index is 11.7. The zero-order valence-electron chi connectivity index (χ0n) is 13.9. The monoisotopic (exact) mass is 343 g/mol. The van der Waals surface area contributed by atoms with Gasteiger partial charge in [0.1, 0.15) is 0 Å². The van der Waals surface area contributed by atoms with Gasteiger partial charge in [-0.1, -0.05) is 23.8 Å². The number of benzene rings is 2. The highest BCUT2D eigenvalue weighted by Gasteiger charge is 2.19. The van der Waals surface area contributed by atoms with Crippen molar-refractivity contribution in [3.63, 3.8) is 0 Å². The number of rotatable bonds is 5. The van der Waals surface area contributed by atoms with Crippen molar-refractivity contribution in [3.05, 3.63) is 62.7 Å². The molecule has 0 unspecified atom stereocenters. The summed E-state index contributed by atoms with van der Waals surface area (Å²) < 4.78 is 4.93. The zero-order valence-corrected chi connectivity index (χ0v) is 13.9. The highest BCUT2D eigenvalue weighted by Crippen LogP contribution is 2.37. The average molecular weight is 343 g/mol. The average Bonchev–Trinajstić information content (AvgIpc) is 2.54. The number of hydrogen-bond acceptors (Lipinski definition) is 5. The molecule has 7 heteroatoms. The molecule has 0 aliphatic heterocycles. The summed E-state index contributed by atoms with van der Waals surface area (Å²) in [6.07, 6.45) is 1.20. The Labute approximate surface area is 144 Å². The number of phenolic OH excluding ortho intramolecular Hbond substituents is 1. The van der Waals surface area contributed by atoms with Crippen molar-refractivity contribution in [2.24, 2.45) is 0 Å². The second-order valence-electron chi connectivity index (χ2n) is 5.52. The molecule has 0 heterocycles. The van der Waals surface area contributed by atoms with Crippen molar-refractivity contribution in [1.29, 1.82) is 0 Å². The van der Waals surface area contributed by atoms with Crippen LogP contribution in [0.5, 0.6) is 11.5 Å². The number of nitrogens with zero attached hydrogens (tertiary/aromatic N) is 1. The highest BCUT2D eigenvalue weighted by atomic mass is 16.6. The summed E-state index contributed by atoms with van der Waals surface area (Å²) in [5.41, 5.74) is 1.77. The number of aliphatic carboxylic acids is 1. The van der Waals surface area contributed by atoms with E-state index in [0.717, 1.165) is 23.3 Å². The fraction of sp³-hybridized carbons (Fsp3) is 0.167. The predicted molar refractivity (Wildman–Crippen MR) is 92.7 cm³/mol. The minimum absolute atomic E-state index is 0.0107. The normalized spacial score (nSPS) is 11.2. The second-order valence-corrected chi connectivity index (χ2v) is 5.52. The number of carbonyl (C=O) groups is 1. The maximum Gasteiger partial charge on any atom is 0.336 e. The number of ether oxygens (including phenoxy) is 1. The summed E-state index contributed by atoms with van der Waals surface area (Å²) in [5.74, 6) is -1.68. The third kappa shape index (κ3) is 3.77. The SMILES string of the molecule is COc1cc([N+](=O)[O-])cc(/C=C(\C(=O)O)c2ccc(C)cc2C)c1O. The predicted octanol–water partition coefficient (Wildman–Crippen LogP) is 3.55. The summed E-state index contributed by atoms with van der Waals surface area (Å²) in [6, 6.07) is 7.44. The van der Waals surface area contributed by atoms with E-state index < -0.39 is 10.9 Å². The van der Waals surface area contributed by atoms with E-state index in [1.807, 2.05) is 13.0 Å². The molecule has 0 aliphatic rings. The van der Waals surface area contributed by atoms with Crippen LogP contribution in [0.2, 0.25) is 0 Å². The van der Waals surface area contributed by atoms with Gasteiger partial charge in [-0.25, -0.2) is 4.79 Å². The Bertz CT molecular complexity index is 885. The van der Waals surface area contributed by atoms with Gasteiger partial charge in [0, 0.05) is 11.6 Å². The van der Waals surface area contributed by atoms with E-state index in [2.05, 4.69) is 0 Å². The quantitative estimate of drug-likeness (QED) is 0.372. The summed E-state index contributed by atoms with van der Waals surface area (Å²) in [5, 5.41) is 30.8. The minimum atomic E-state index is -1.21. The molecule has 0 saturated heterocycles. The molecule has 7 nitrogen and oxygen atoms in total.